The van der Waals surface area contributed by atoms with Crippen LogP contribution in [-0.2, 0) is 11.3 Å². The Morgan fingerprint density at radius 3 is 2.56 bits per heavy atom. The van der Waals surface area contributed by atoms with E-state index in [1.54, 1.807) is 58.7 Å². The van der Waals surface area contributed by atoms with Gasteiger partial charge in [-0.15, -0.1) is 22.7 Å². The van der Waals surface area contributed by atoms with Crippen LogP contribution in [0.25, 0.3) is 20.3 Å². The fraction of sp³-hybridized carbons (Fsp3) is 0.292. The molecule has 6 nitrogen and oxygen atoms in total. The zero-order valence-corrected chi connectivity index (χ0v) is 20.2. The number of carbonyl (C=O) groups excluding carboxylic acids is 2. The van der Waals surface area contributed by atoms with Crippen LogP contribution in [0.1, 0.15) is 27.9 Å². The molecule has 0 saturated carbocycles. The minimum Gasteiger partial charge on any atom is -0.483 e. The highest BCUT2D eigenvalue weighted by Crippen LogP contribution is 2.38. The molecule has 0 atom stereocenters. The zero-order chi connectivity index (χ0) is 22.8. The molecule has 2 amide bonds. The Morgan fingerprint density at radius 1 is 1.12 bits per heavy atom. The predicted molar refractivity (Wildman–Crippen MR) is 131 cm³/mol. The van der Waals surface area contributed by atoms with Crippen molar-refractivity contribution in [1.29, 1.82) is 0 Å². The van der Waals surface area contributed by atoms with Crippen molar-refractivity contribution in [2.45, 2.75) is 20.4 Å². The summed E-state index contributed by atoms with van der Waals surface area (Å²) in [7, 11) is 3.46. The second kappa shape index (κ2) is 9.26. The number of thiophene rings is 1. The van der Waals surface area contributed by atoms with E-state index < -0.39 is 0 Å². The van der Waals surface area contributed by atoms with Gasteiger partial charge in [-0.1, -0.05) is 12.1 Å². The number of ether oxygens (including phenoxy) is 1. The highest BCUT2D eigenvalue weighted by molar-refractivity contribution is 7.21. The van der Waals surface area contributed by atoms with E-state index in [9.17, 15) is 9.59 Å². The van der Waals surface area contributed by atoms with Gasteiger partial charge in [-0.2, -0.15) is 0 Å². The Bertz CT molecular complexity index is 1280. The van der Waals surface area contributed by atoms with Crippen molar-refractivity contribution in [3.63, 3.8) is 0 Å². The summed E-state index contributed by atoms with van der Waals surface area (Å²) in [6.45, 7) is 4.96. The van der Waals surface area contributed by atoms with Gasteiger partial charge >= 0.3 is 0 Å². The van der Waals surface area contributed by atoms with Crippen molar-refractivity contribution in [2.75, 3.05) is 27.2 Å². The third-order valence-corrected chi connectivity index (χ3v) is 7.07. The van der Waals surface area contributed by atoms with Gasteiger partial charge in [-0.05, 0) is 43.0 Å². The van der Waals surface area contributed by atoms with Crippen LogP contribution in [0.2, 0.25) is 0 Å². The number of hydrogen-bond acceptors (Lipinski definition) is 6. The molecule has 2 heterocycles. The number of hydrogen-bond donors (Lipinski definition) is 0. The van der Waals surface area contributed by atoms with Crippen LogP contribution in [0.4, 0.5) is 0 Å². The van der Waals surface area contributed by atoms with Crippen LogP contribution < -0.4 is 4.74 Å². The van der Waals surface area contributed by atoms with Gasteiger partial charge in [0.15, 0.2) is 6.61 Å². The molecule has 4 aromatic rings. The van der Waals surface area contributed by atoms with Gasteiger partial charge in [0, 0.05) is 44.2 Å². The fourth-order valence-corrected chi connectivity index (χ4v) is 5.38. The van der Waals surface area contributed by atoms with Crippen molar-refractivity contribution >= 4 is 54.8 Å². The molecule has 0 radical (unpaired) electrons. The smallest absolute Gasteiger partial charge is 0.260 e. The number of aromatic nitrogens is 1. The van der Waals surface area contributed by atoms with Gasteiger partial charge in [-0.3, -0.25) is 9.59 Å². The summed E-state index contributed by atoms with van der Waals surface area (Å²) < 4.78 is 8.16. The van der Waals surface area contributed by atoms with Crippen molar-refractivity contribution in [3.05, 3.63) is 57.9 Å². The average molecular weight is 468 g/mol. The van der Waals surface area contributed by atoms with Crippen LogP contribution in [0.3, 0.4) is 0 Å². The standard InChI is InChI=1S/C24H25N3O3S2/c1-5-27(13-16-6-8-17(9-7-16)24(29)26(3)4)21(28)14-30-19-12-20-22(25-15(2)32-20)23-18(19)10-11-31-23/h6-12H,5,13-14H2,1-4H3. The molecule has 0 spiro atoms. The summed E-state index contributed by atoms with van der Waals surface area (Å²) in [5.41, 5.74) is 2.60. The summed E-state index contributed by atoms with van der Waals surface area (Å²) >= 11 is 3.27. The summed E-state index contributed by atoms with van der Waals surface area (Å²) in [4.78, 5) is 32.9. The number of rotatable bonds is 7. The Labute approximate surface area is 195 Å². The van der Waals surface area contributed by atoms with Gasteiger partial charge in [0.25, 0.3) is 11.8 Å². The minimum absolute atomic E-state index is 0.0285. The van der Waals surface area contributed by atoms with Crippen LogP contribution in [0.5, 0.6) is 5.75 Å². The van der Waals surface area contributed by atoms with E-state index in [1.807, 2.05) is 43.5 Å². The molecular weight excluding hydrogens is 442 g/mol. The lowest BCUT2D eigenvalue weighted by Crippen LogP contribution is -2.34. The number of fused-ring (bicyclic) bond motifs is 3. The number of thiazole rings is 1. The van der Waals surface area contributed by atoms with E-state index in [-0.39, 0.29) is 18.4 Å². The number of amides is 2. The van der Waals surface area contributed by atoms with Crippen molar-refractivity contribution in [3.8, 4) is 5.75 Å². The summed E-state index contributed by atoms with van der Waals surface area (Å²) in [6, 6.07) is 11.4. The van der Waals surface area contributed by atoms with Gasteiger partial charge in [-0.25, -0.2) is 4.98 Å². The first-order valence-electron chi connectivity index (χ1n) is 10.4. The van der Waals surface area contributed by atoms with Gasteiger partial charge in [0.2, 0.25) is 0 Å². The SMILES string of the molecule is CCN(Cc1ccc(C(=O)N(C)C)cc1)C(=O)COc1cc2sc(C)nc2c2sccc12. The maximum Gasteiger partial charge on any atom is 0.260 e. The first kappa shape index (κ1) is 22.2. The number of likely N-dealkylation sites (N-methyl/N-ethyl adjacent to an activating group) is 1. The Kier molecular flexibility index (Phi) is 6.43. The van der Waals surface area contributed by atoms with Crippen LogP contribution in [0.15, 0.2) is 41.8 Å². The average Bonchev–Trinajstić information content (AvgIpc) is 3.41. The molecule has 0 N–H and O–H groups in total. The quantitative estimate of drug-likeness (QED) is 0.386. The largest absolute Gasteiger partial charge is 0.483 e. The first-order chi connectivity index (χ1) is 15.4. The third kappa shape index (κ3) is 4.47. The predicted octanol–water partition coefficient (Wildman–Crippen LogP) is 4.95. The highest BCUT2D eigenvalue weighted by atomic mass is 32.1. The number of aryl methyl sites for hydroxylation is 1. The van der Waals surface area contributed by atoms with Crippen molar-refractivity contribution < 1.29 is 14.3 Å². The molecule has 0 aliphatic heterocycles. The van der Waals surface area contributed by atoms with Crippen LogP contribution >= 0.6 is 22.7 Å². The van der Waals surface area contributed by atoms with Crippen molar-refractivity contribution in [2.24, 2.45) is 0 Å². The molecule has 0 bridgehead atoms. The molecule has 2 aromatic heterocycles. The summed E-state index contributed by atoms with van der Waals surface area (Å²) in [5, 5.41) is 4.03. The lowest BCUT2D eigenvalue weighted by Gasteiger charge is -2.21. The van der Waals surface area contributed by atoms with E-state index in [4.69, 9.17) is 4.74 Å². The molecule has 32 heavy (non-hydrogen) atoms. The topological polar surface area (TPSA) is 62.7 Å². The van der Waals surface area contributed by atoms with Crippen LogP contribution in [0, 0.1) is 6.92 Å². The van der Waals surface area contributed by atoms with Gasteiger partial charge in [0.1, 0.15) is 5.75 Å². The molecule has 2 aromatic carbocycles. The molecule has 0 unspecified atom stereocenters. The molecule has 0 saturated heterocycles. The highest BCUT2D eigenvalue weighted by Gasteiger charge is 2.17. The van der Waals surface area contributed by atoms with Gasteiger partial charge in [0.05, 0.1) is 19.9 Å². The second-order valence-electron chi connectivity index (χ2n) is 7.71. The fourth-order valence-electron chi connectivity index (χ4n) is 3.54. The first-order valence-corrected chi connectivity index (χ1v) is 12.1. The molecular formula is C24H25N3O3S2. The van der Waals surface area contributed by atoms with E-state index in [0.717, 1.165) is 30.9 Å². The number of benzene rings is 2. The van der Waals surface area contributed by atoms with E-state index in [1.165, 1.54) is 0 Å². The molecule has 166 valence electrons. The molecule has 0 fully saturated rings. The van der Waals surface area contributed by atoms with Crippen molar-refractivity contribution in [1.82, 2.24) is 14.8 Å². The lowest BCUT2D eigenvalue weighted by molar-refractivity contribution is -0.133. The Balaban J connectivity index is 1.45. The normalized spacial score (nSPS) is 11.1. The monoisotopic (exact) mass is 467 g/mol. The minimum atomic E-state index is -0.0788. The van der Waals surface area contributed by atoms with Gasteiger partial charge < -0.3 is 14.5 Å². The maximum atomic E-state index is 12.9. The Hall–Kier alpha value is -2.97. The second-order valence-corrected chi connectivity index (χ2v) is 9.86. The maximum absolute atomic E-state index is 12.9. The third-order valence-electron chi connectivity index (χ3n) is 5.23. The zero-order valence-electron chi connectivity index (χ0n) is 18.5. The molecule has 0 aliphatic carbocycles. The molecule has 0 aliphatic rings. The van der Waals surface area contributed by atoms with E-state index in [2.05, 4.69) is 4.98 Å². The molecule has 8 heteroatoms. The molecule has 4 rings (SSSR count). The van der Waals surface area contributed by atoms with E-state index in [0.29, 0.717) is 24.4 Å². The summed E-state index contributed by atoms with van der Waals surface area (Å²) in [6.07, 6.45) is 0. The number of nitrogens with zero attached hydrogens (tertiary/aromatic N) is 3. The van der Waals surface area contributed by atoms with E-state index >= 15 is 0 Å². The number of carbonyl (C=O) groups is 2. The van der Waals surface area contributed by atoms with Crippen LogP contribution in [-0.4, -0.2) is 53.8 Å². The Morgan fingerprint density at radius 2 is 1.88 bits per heavy atom. The summed E-state index contributed by atoms with van der Waals surface area (Å²) in [5.74, 6) is 0.597. The lowest BCUT2D eigenvalue weighted by atomic mass is 10.1.